The Bertz CT molecular complexity index is 178. The summed E-state index contributed by atoms with van der Waals surface area (Å²) in [7, 11) is 0. The number of piperidine rings is 1. The summed E-state index contributed by atoms with van der Waals surface area (Å²) in [5.41, 5.74) is 0. The highest BCUT2D eigenvalue weighted by Crippen LogP contribution is 2.31. The summed E-state index contributed by atoms with van der Waals surface area (Å²) < 4.78 is 0. The predicted octanol–water partition coefficient (Wildman–Crippen LogP) is 1.22. The highest BCUT2D eigenvalue weighted by atomic mass is 16.2. The van der Waals surface area contributed by atoms with Gasteiger partial charge in [0.15, 0.2) is 0 Å². The third kappa shape index (κ3) is 1.05. The quantitative estimate of drug-likeness (QED) is 0.511. The predicted molar refractivity (Wildman–Crippen MR) is 42.8 cm³/mol. The van der Waals surface area contributed by atoms with Crippen molar-refractivity contribution < 1.29 is 4.79 Å². The largest absolute Gasteiger partial charge is 0.339 e. The van der Waals surface area contributed by atoms with Crippen LogP contribution < -0.4 is 0 Å². The summed E-state index contributed by atoms with van der Waals surface area (Å²) in [4.78, 5) is 13.4. The van der Waals surface area contributed by atoms with Gasteiger partial charge in [-0.2, -0.15) is 0 Å². The van der Waals surface area contributed by atoms with Gasteiger partial charge < -0.3 is 4.90 Å². The maximum Gasteiger partial charge on any atom is 0.223 e. The lowest BCUT2D eigenvalue weighted by molar-refractivity contribution is -0.129. The molecule has 1 radical (unpaired) electrons. The molecule has 0 spiro atoms. The first-order valence-electron chi connectivity index (χ1n) is 4.40. The Kier molecular flexibility index (Phi) is 1.63. The van der Waals surface area contributed by atoms with Crippen molar-refractivity contribution in [3.05, 3.63) is 6.42 Å². The number of carbonyl (C=O) groups is 1. The SMILES string of the molecule is CC1CC(=O)N2C[CH]CCC12. The van der Waals surface area contributed by atoms with Crippen LogP contribution in [0.15, 0.2) is 0 Å². The van der Waals surface area contributed by atoms with E-state index in [2.05, 4.69) is 13.3 Å². The fourth-order valence-corrected chi connectivity index (χ4v) is 2.22. The Morgan fingerprint density at radius 2 is 2.45 bits per heavy atom. The van der Waals surface area contributed by atoms with Gasteiger partial charge in [0.2, 0.25) is 5.91 Å². The average molecular weight is 152 g/mol. The van der Waals surface area contributed by atoms with Crippen LogP contribution in [0.5, 0.6) is 0 Å². The standard InChI is InChI=1S/C9H14NO/c1-7-6-9(11)10-5-3-2-4-8(7)10/h3,7-8H,2,4-6H2,1H3. The molecule has 2 nitrogen and oxygen atoms in total. The van der Waals surface area contributed by atoms with Crippen LogP contribution in [0.4, 0.5) is 0 Å². The van der Waals surface area contributed by atoms with E-state index in [1.165, 1.54) is 12.8 Å². The van der Waals surface area contributed by atoms with E-state index in [4.69, 9.17) is 0 Å². The van der Waals surface area contributed by atoms with Crippen molar-refractivity contribution >= 4 is 5.91 Å². The molecule has 2 unspecified atom stereocenters. The lowest BCUT2D eigenvalue weighted by Crippen LogP contribution is -2.38. The Morgan fingerprint density at radius 3 is 3.18 bits per heavy atom. The van der Waals surface area contributed by atoms with Crippen LogP contribution in [0, 0.1) is 12.3 Å². The van der Waals surface area contributed by atoms with Gasteiger partial charge in [-0.3, -0.25) is 4.79 Å². The highest BCUT2D eigenvalue weighted by Gasteiger charge is 2.37. The van der Waals surface area contributed by atoms with Crippen LogP contribution in [0.3, 0.4) is 0 Å². The minimum atomic E-state index is 0.360. The van der Waals surface area contributed by atoms with E-state index in [0.29, 0.717) is 17.9 Å². The van der Waals surface area contributed by atoms with Gasteiger partial charge in [-0.05, 0) is 25.2 Å². The number of rotatable bonds is 0. The summed E-state index contributed by atoms with van der Waals surface area (Å²) in [6, 6.07) is 0.562. The second kappa shape index (κ2) is 2.50. The van der Waals surface area contributed by atoms with Crippen LogP contribution in [-0.2, 0) is 4.79 Å². The number of fused-ring (bicyclic) bond motifs is 1. The van der Waals surface area contributed by atoms with Gasteiger partial charge in [0.05, 0.1) is 0 Å². The summed E-state index contributed by atoms with van der Waals surface area (Å²) in [6.07, 6.45) is 5.37. The van der Waals surface area contributed by atoms with Crippen molar-refractivity contribution in [3.63, 3.8) is 0 Å². The second-order valence-electron chi connectivity index (χ2n) is 3.66. The Hall–Kier alpha value is -0.530. The Balaban J connectivity index is 2.13. The molecule has 2 rings (SSSR count). The first-order valence-corrected chi connectivity index (χ1v) is 4.40. The van der Waals surface area contributed by atoms with Gasteiger partial charge in [-0.25, -0.2) is 0 Å². The van der Waals surface area contributed by atoms with Crippen molar-refractivity contribution in [2.24, 2.45) is 5.92 Å². The number of carbonyl (C=O) groups excluding carboxylic acids is 1. The molecular formula is C9H14NO. The molecular weight excluding hydrogens is 138 g/mol. The Morgan fingerprint density at radius 1 is 1.64 bits per heavy atom. The maximum atomic E-state index is 11.3. The molecule has 61 valence electrons. The normalized spacial score (nSPS) is 37.5. The zero-order chi connectivity index (χ0) is 7.84. The van der Waals surface area contributed by atoms with Crippen molar-refractivity contribution in [1.29, 1.82) is 0 Å². The molecule has 2 saturated heterocycles. The van der Waals surface area contributed by atoms with Crippen molar-refractivity contribution in [2.45, 2.75) is 32.2 Å². The number of hydrogen-bond acceptors (Lipinski definition) is 1. The molecule has 2 atom stereocenters. The fourth-order valence-electron chi connectivity index (χ4n) is 2.22. The van der Waals surface area contributed by atoms with Crippen molar-refractivity contribution in [2.75, 3.05) is 6.54 Å². The van der Waals surface area contributed by atoms with Crippen molar-refractivity contribution in [3.8, 4) is 0 Å². The molecule has 0 aromatic heterocycles. The minimum Gasteiger partial charge on any atom is -0.339 e. The Labute approximate surface area is 67.6 Å². The number of amides is 1. The molecule has 2 aliphatic rings. The van der Waals surface area contributed by atoms with E-state index in [-0.39, 0.29) is 0 Å². The number of hydrogen-bond donors (Lipinski definition) is 0. The molecule has 2 fully saturated rings. The lowest BCUT2D eigenvalue weighted by atomic mass is 9.95. The van der Waals surface area contributed by atoms with E-state index >= 15 is 0 Å². The number of nitrogens with zero attached hydrogens (tertiary/aromatic N) is 1. The van der Waals surface area contributed by atoms with Crippen LogP contribution in [0.25, 0.3) is 0 Å². The van der Waals surface area contributed by atoms with E-state index in [1.54, 1.807) is 0 Å². The molecule has 0 N–H and O–H groups in total. The third-order valence-corrected chi connectivity index (χ3v) is 2.87. The molecule has 0 aromatic rings. The zero-order valence-electron chi connectivity index (χ0n) is 6.92. The summed E-state index contributed by atoms with van der Waals surface area (Å²) >= 11 is 0. The molecule has 2 heterocycles. The van der Waals surface area contributed by atoms with Gasteiger partial charge in [0.1, 0.15) is 0 Å². The van der Waals surface area contributed by atoms with Crippen LogP contribution in [-0.4, -0.2) is 23.4 Å². The molecule has 0 bridgehead atoms. The smallest absolute Gasteiger partial charge is 0.223 e. The summed E-state index contributed by atoms with van der Waals surface area (Å²) in [5.74, 6) is 0.953. The monoisotopic (exact) mass is 152 g/mol. The highest BCUT2D eigenvalue weighted by molar-refractivity contribution is 5.79. The molecule has 0 aliphatic carbocycles. The van der Waals surface area contributed by atoms with Gasteiger partial charge >= 0.3 is 0 Å². The maximum absolute atomic E-state index is 11.3. The molecule has 11 heavy (non-hydrogen) atoms. The molecule has 0 saturated carbocycles. The van der Waals surface area contributed by atoms with Crippen LogP contribution >= 0.6 is 0 Å². The second-order valence-corrected chi connectivity index (χ2v) is 3.66. The zero-order valence-corrected chi connectivity index (χ0v) is 6.92. The average Bonchev–Trinajstić information content (AvgIpc) is 2.30. The van der Waals surface area contributed by atoms with Gasteiger partial charge in [0, 0.05) is 19.0 Å². The van der Waals surface area contributed by atoms with Gasteiger partial charge in [0.25, 0.3) is 0 Å². The van der Waals surface area contributed by atoms with Gasteiger partial charge in [-0.1, -0.05) is 6.92 Å². The van der Waals surface area contributed by atoms with E-state index in [9.17, 15) is 4.79 Å². The third-order valence-electron chi connectivity index (χ3n) is 2.87. The fraction of sp³-hybridized carbons (Fsp3) is 0.778. The molecule has 0 aromatic carbocycles. The molecule has 1 amide bonds. The first-order chi connectivity index (χ1) is 5.29. The van der Waals surface area contributed by atoms with Crippen molar-refractivity contribution in [1.82, 2.24) is 4.90 Å². The first kappa shape index (κ1) is 7.14. The lowest BCUT2D eigenvalue weighted by Gasteiger charge is -2.31. The van der Waals surface area contributed by atoms with Gasteiger partial charge in [-0.15, -0.1) is 0 Å². The van der Waals surface area contributed by atoms with Crippen LogP contribution in [0.1, 0.15) is 26.2 Å². The van der Waals surface area contributed by atoms with E-state index < -0.39 is 0 Å². The minimum absolute atomic E-state index is 0.360. The van der Waals surface area contributed by atoms with E-state index in [0.717, 1.165) is 13.0 Å². The summed E-state index contributed by atoms with van der Waals surface area (Å²) in [5, 5.41) is 0. The van der Waals surface area contributed by atoms with E-state index in [1.807, 2.05) is 4.90 Å². The van der Waals surface area contributed by atoms with Crippen LogP contribution in [0.2, 0.25) is 0 Å². The molecule has 2 aliphatic heterocycles. The summed E-state index contributed by atoms with van der Waals surface area (Å²) in [6.45, 7) is 3.09. The molecule has 2 heteroatoms. The topological polar surface area (TPSA) is 20.3 Å².